The first-order chi connectivity index (χ1) is 7.96. The van der Waals surface area contributed by atoms with Crippen molar-refractivity contribution in [1.82, 2.24) is 9.80 Å². The van der Waals surface area contributed by atoms with Gasteiger partial charge in [0, 0.05) is 37.3 Å². The van der Waals surface area contributed by atoms with Crippen LogP contribution >= 0.6 is 0 Å². The van der Waals surface area contributed by atoms with Crippen LogP contribution in [0.4, 0.5) is 0 Å². The minimum Gasteiger partial charge on any atom is -0.329 e. The quantitative estimate of drug-likeness (QED) is 0.807. The fourth-order valence-corrected chi connectivity index (χ4v) is 3.45. The molecule has 0 aromatic carbocycles. The van der Waals surface area contributed by atoms with Gasteiger partial charge in [-0.15, -0.1) is 0 Å². The van der Waals surface area contributed by atoms with Crippen LogP contribution in [0.1, 0.15) is 40.0 Å². The predicted molar refractivity (Wildman–Crippen MR) is 73.1 cm³/mol. The molecule has 2 aliphatic rings. The lowest BCUT2D eigenvalue weighted by Crippen LogP contribution is -2.66. The van der Waals surface area contributed by atoms with Crippen molar-refractivity contribution in [1.29, 1.82) is 0 Å². The molecule has 1 saturated carbocycles. The van der Waals surface area contributed by atoms with Crippen LogP contribution in [-0.4, -0.2) is 54.1 Å². The first-order valence-electron chi connectivity index (χ1n) is 7.12. The maximum Gasteiger partial charge on any atom is 0.0358 e. The lowest BCUT2D eigenvalue weighted by Gasteiger charge is -2.53. The standard InChI is InChI=1S/C14H29N3/c1-5-14(10-15,12-6-7-12)17-9-8-16(4)13(2,3)11-17/h12H,5-11,15H2,1-4H3. The van der Waals surface area contributed by atoms with Gasteiger partial charge in [-0.2, -0.15) is 0 Å². The Balaban J connectivity index is 2.15. The molecule has 0 aromatic rings. The molecule has 2 rings (SSSR count). The summed E-state index contributed by atoms with van der Waals surface area (Å²) in [6, 6.07) is 0. The SMILES string of the molecule is CCC(CN)(C1CC1)N1CCN(C)C(C)(C)C1. The van der Waals surface area contributed by atoms with E-state index in [-0.39, 0.29) is 5.54 Å². The van der Waals surface area contributed by atoms with Crippen LogP contribution in [0.5, 0.6) is 0 Å². The van der Waals surface area contributed by atoms with Crippen LogP contribution in [0.25, 0.3) is 0 Å². The van der Waals surface area contributed by atoms with Crippen molar-refractivity contribution in [3.8, 4) is 0 Å². The molecule has 17 heavy (non-hydrogen) atoms. The fraction of sp³-hybridized carbons (Fsp3) is 1.00. The van der Waals surface area contributed by atoms with Crippen molar-refractivity contribution < 1.29 is 0 Å². The highest BCUT2D eigenvalue weighted by Gasteiger charge is 2.49. The minimum absolute atomic E-state index is 0.280. The number of piperazine rings is 1. The lowest BCUT2D eigenvalue weighted by atomic mass is 9.85. The molecular weight excluding hydrogens is 210 g/mol. The topological polar surface area (TPSA) is 32.5 Å². The molecule has 0 amide bonds. The normalized spacial score (nSPS) is 30.2. The van der Waals surface area contributed by atoms with Crippen molar-refractivity contribution in [2.45, 2.75) is 51.1 Å². The van der Waals surface area contributed by atoms with Gasteiger partial charge >= 0.3 is 0 Å². The summed E-state index contributed by atoms with van der Waals surface area (Å²) in [6.07, 6.45) is 3.98. The Morgan fingerprint density at radius 2 is 1.94 bits per heavy atom. The fourth-order valence-electron chi connectivity index (χ4n) is 3.45. The van der Waals surface area contributed by atoms with E-state index in [1.807, 2.05) is 0 Å². The average Bonchev–Trinajstić information content (AvgIpc) is 3.10. The smallest absolute Gasteiger partial charge is 0.0358 e. The molecule has 2 fully saturated rings. The lowest BCUT2D eigenvalue weighted by molar-refractivity contribution is -0.0330. The Labute approximate surface area is 106 Å². The Morgan fingerprint density at radius 1 is 1.29 bits per heavy atom. The first kappa shape index (κ1) is 13.3. The van der Waals surface area contributed by atoms with Gasteiger partial charge in [-0.3, -0.25) is 9.80 Å². The van der Waals surface area contributed by atoms with Crippen molar-refractivity contribution >= 4 is 0 Å². The number of likely N-dealkylation sites (N-methyl/N-ethyl adjacent to an activating group) is 1. The molecule has 1 aliphatic carbocycles. The van der Waals surface area contributed by atoms with E-state index in [0.29, 0.717) is 5.54 Å². The molecule has 100 valence electrons. The van der Waals surface area contributed by atoms with Crippen LogP contribution < -0.4 is 5.73 Å². The minimum atomic E-state index is 0.280. The van der Waals surface area contributed by atoms with Crippen molar-refractivity contribution in [2.75, 3.05) is 33.2 Å². The van der Waals surface area contributed by atoms with Crippen molar-refractivity contribution in [3.63, 3.8) is 0 Å². The first-order valence-corrected chi connectivity index (χ1v) is 7.12. The Hall–Kier alpha value is -0.120. The molecule has 3 nitrogen and oxygen atoms in total. The summed E-state index contributed by atoms with van der Waals surface area (Å²) >= 11 is 0. The third-order valence-corrected chi connectivity index (χ3v) is 5.25. The molecule has 3 heteroatoms. The van der Waals surface area contributed by atoms with Gasteiger partial charge in [-0.25, -0.2) is 0 Å². The summed E-state index contributed by atoms with van der Waals surface area (Å²) in [6.45, 7) is 11.4. The van der Waals surface area contributed by atoms with Gasteiger partial charge in [0.05, 0.1) is 0 Å². The number of rotatable bonds is 4. The summed E-state index contributed by atoms with van der Waals surface area (Å²) in [5.41, 5.74) is 6.73. The third-order valence-electron chi connectivity index (χ3n) is 5.25. The average molecular weight is 239 g/mol. The third kappa shape index (κ3) is 2.25. The maximum absolute atomic E-state index is 6.16. The molecule has 2 N–H and O–H groups in total. The van der Waals surface area contributed by atoms with Gasteiger partial charge < -0.3 is 5.73 Å². The van der Waals surface area contributed by atoms with Crippen molar-refractivity contribution in [3.05, 3.63) is 0 Å². The van der Waals surface area contributed by atoms with Crippen molar-refractivity contribution in [2.24, 2.45) is 11.7 Å². The molecule has 0 aromatic heterocycles. The molecule has 0 radical (unpaired) electrons. The molecule has 1 aliphatic heterocycles. The molecule has 1 unspecified atom stereocenters. The van der Waals surface area contributed by atoms with Gasteiger partial charge in [-0.05, 0) is 46.1 Å². The van der Waals surface area contributed by atoms with Gasteiger partial charge in [0.15, 0.2) is 0 Å². The molecule has 1 atom stereocenters. The van der Waals surface area contributed by atoms with E-state index >= 15 is 0 Å². The Morgan fingerprint density at radius 3 is 2.35 bits per heavy atom. The van der Waals surface area contributed by atoms with Crippen LogP contribution in [0.2, 0.25) is 0 Å². The van der Waals surface area contributed by atoms with Gasteiger partial charge in [-0.1, -0.05) is 6.92 Å². The summed E-state index contributed by atoms with van der Waals surface area (Å²) in [5.74, 6) is 0.858. The highest BCUT2D eigenvalue weighted by atomic mass is 15.3. The molecule has 1 saturated heterocycles. The van der Waals surface area contributed by atoms with E-state index in [0.717, 1.165) is 19.0 Å². The van der Waals surface area contributed by atoms with E-state index in [9.17, 15) is 0 Å². The van der Waals surface area contributed by atoms with Gasteiger partial charge in [0.1, 0.15) is 0 Å². The molecule has 1 heterocycles. The second-order valence-corrected chi connectivity index (χ2v) is 6.59. The second-order valence-electron chi connectivity index (χ2n) is 6.59. The van der Waals surface area contributed by atoms with E-state index in [1.54, 1.807) is 0 Å². The summed E-state index contributed by atoms with van der Waals surface area (Å²) in [5, 5.41) is 0. The van der Waals surface area contributed by atoms with E-state index in [2.05, 4.69) is 37.6 Å². The zero-order valence-electron chi connectivity index (χ0n) is 12.0. The number of nitrogens with two attached hydrogens (primary N) is 1. The summed E-state index contributed by atoms with van der Waals surface area (Å²) in [4.78, 5) is 5.18. The van der Waals surface area contributed by atoms with Gasteiger partial charge in [0.25, 0.3) is 0 Å². The predicted octanol–water partition coefficient (Wildman–Crippen LogP) is 1.53. The largest absolute Gasteiger partial charge is 0.329 e. The number of hydrogen-bond acceptors (Lipinski definition) is 3. The van der Waals surface area contributed by atoms with E-state index < -0.39 is 0 Å². The molecular formula is C14H29N3. The monoisotopic (exact) mass is 239 g/mol. The summed E-state index contributed by atoms with van der Waals surface area (Å²) < 4.78 is 0. The van der Waals surface area contributed by atoms with Gasteiger partial charge in [0.2, 0.25) is 0 Å². The Kier molecular flexibility index (Phi) is 3.54. The number of hydrogen-bond donors (Lipinski definition) is 1. The molecule has 0 spiro atoms. The van der Waals surface area contributed by atoms with E-state index in [4.69, 9.17) is 5.73 Å². The highest BCUT2D eigenvalue weighted by Crippen LogP contribution is 2.45. The summed E-state index contributed by atoms with van der Waals surface area (Å²) in [7, 11) is 2.24. The van der Waals surface area contributed by atoms with Crippen LogP contribution in [0.15, 0.2) is 0 Å². The second kappa shape index (κ2) is 4.52. The highest BCUT2D eigenvalue weighted by molar-refractivity contribution is 5.05. The van der Waals surface area contributed by atoms with E-state index in [1.165, 1.54) is 32.4 Å². The number of nitrogens with zero attached hydrogens (tertiary/aromatic N) is 2. The van der Waals surface area contributed by atoms with Crippen LogP contribution in [0, 0.1) is 5.92 Å². The zero-order valence-corrected chi connectivity index (χ0v) is 12.0. The van der Waals surface area contributed by atoms with Crippen LogP contribution in [-0.2, 0) is 0 Å². The Bertz CT molecular complexity index is 267. The maximum atomic E-state index is 6.16. The zero-order chi connectivity index (χ0) is 12.7. The van der Waals surface area contributed by atoms with Crippen LogP contribution in [0.3, 0.4) is 0 Å². The molecule has 0 bridgehead atoms.